The van der Waals surface area contributed by atoms with Crippen molar-refractivity contribution in [3.63, 3.8) is 0 Å². The first-order valence-corrected chi connectivity index (χ1v) is 5.87. The third-order valence-electron chi connectivity index (χ3n) is 2.64. The monoisotopic (exact) mass is 270 g/mol. The molecule has 3 N–H and O–H groups in total. The highest BCUT2D eigenvalue weighted by Crippen LogP contribution is 2.06. The van der Waals surface area contributed by atoms with Gasteiger partial charge in [-0.05, 0) is 26.0 Å². The molecular weight excluding hydrogens is 252 g/mol. The number of aliphatic hydroxyl groups is 1. The Morgan fingerprint density at radius 3 is 2.68 bits per heavy atom. The van der Waals surface area contributed by atoms with Gasteiger partial charge < -0.3 is 24.8 Å². The summed E-state index contributed by atoms with van der Waals surface area (Å²) in [4.78, 5) is 24.0. The number of carboxylic acids is 1. The highest BCUT2D eigenvalue weighted by atomic mass is 16.4. The van der Waals surface area contributed by atoms with Crippen molar-refractivity contribution in [2.75, 3.05) is 13.1 Å². The lowest BCUT2D eigenvalue weighted by Crippen LogP contribution is -2.50. The van der Waals surface area contributed by atoms with Crippen LogP contribution in [0.25, 0.3) is 0 Å². The Kier molecular flexibility index (Phi) is 4.94. The van der Waals surface area contributed by atoms with Crippen LogP contribution in [0.3, 0.4) is 0 Å². The molecule has 0 radical (unpaired) electrons. The molecule has 2 amide bonds. The van der Waals surface area contributed by atoms with Gasteiger partial charge in [0.2, 0.25) is 0 Å². The standard InChI is InChI=1S/C12H18N2O5/c1-3-14(7-9-5-4-6-19-9)11(17)13-8-12(2,18)10(15)16/h4-6,18H,3,7-8H2,1-2H3,(H,13,17)(H,15,16). The zero-order valence-corrected chi connectivity index (χ0v) is 10.9. The predicted octanol–water partition coefficient (Wildman–Crippen LogP) is 0.647. The number of hydrogen-bond donors (Lipinski definition) is 3. The zero-order chi connectivity index (χ0) is 14.5. The van der Waals surface area contributed by atoms with Crippen molar-refractivity contribution in [1.82, 2.24) is 10.2 Å². The first-order chi connectivity index (χ1) is 8.86. The molecule has 0 saturated carbocycles. The molecule has 1 atom stereocenters. The smallest absolute Gasteiger partial charge is 0.337 e. The quantitative estimate of drug-likeness (QED) is 0.704. The summed E-state index contributed by atoms with van der Waals surface area (Å²) in [6.45, 7) is 3.26. The molecule has 0 aliphatic carbocycles. The van der Waals surface area contributed by atoms with Crippen molar-refractivity contribution in [3.8, 4) is 0 Å². The van der Waals surface area contributed by atoms with E-state index >= 15 is 0 Å². The molecule has 0 fully saturated rings. The fraction of sp³-hybridized carbons (Fsp3) is 0.500. The molecule has 0 spiro atoms. The van der Waals surface area contributed by atoms with Gasteiger partial charge >= 0.3 is 12.0 Å². The predicted molar refractivity (Wildman–Crippen MR) is 66.5 cm³/mol. The van der Waals surface area contributed by atoms with E-state index in [0.717, 1.165) is 6.92 Å². The van der Waals surface area contributed by atoms with Gasteiger partial charge in [0, 0.05) is 6.54 Å². The van der Waals surface area contributed by atoms with Crippen molar-refractivity contribution in [2.45, 2.75) is 26.0 Å². The molecule has 0 aliphatic heterocycles. The van der Waals surface area contributed by atoms with Crippen molar-refractivity contribution in [2.24, 2.45) is 0 Å². The molecule has 106 valence electrons. The van der Waals surface area contributed by atoms with Gasteiger partial charge in [-0.25, -0.2) is 9.59 Å². The minimum atomic E-state index is -1.99. The van der Waals surface area contributed by atoms with E-state index in [1.165, 1.54) is 11.2 Å². The number of amides is 2. The molecule has 1 heterocycles. The van der Waals surface area contributed by atoms with Gasteiger partial charge in [-0.2, -0.15) is 0 Å². The molecule has 1 aromatic rings. The number of furan rings is 1. The third kappa shape index (κ3) is 4.29. The molecule has 1 rings (SSSR count). The summed E-state index contributed by atoms with van der Waals surface area (Å²) < 4.78 is 5.13. The summed E-state index contributed by atoms with van der Waals surface area (Å²) in [5.74, 6) is -0.760. The molecule has 7 heteroatoms. The third-order valence-corrected chi connectivity index (χ3v) is 2.64. The maximum Gasteiger partial charge on any atom is 0.337 e. The van der Waals surface area contributed by atoms with Crippen LogP contribution in [0.5, 0.6) is 0 Å². The number of carboxylic acid groups (broad SMARTS) is 1. The van der Waals surface area contributed by atoms with E-state index in [1.54, 1.807) is 19.1 Å². The van der Waals surface area contributed by atoms with E-state index in [2.05, 4.69) is 5.32 Å². The van der Waals surface area contributed by atoms with Gasteiger partial charge in [-0.3, -0.25) is 0 Å². The van der Waals surface area contributed by atoms with Crippen LogP contribution in [0, 0.1) is 0 Å². The molecule has 19 heavy (non-hydrogen) atoms. The summed E-state index contributed by atoms with van der Waals surface area (Å²) >= 11 is 0. The Balaban J connectivity index is 2.53. The van der Waals surface area contributed by atoms with Crippen LogP contribution >= 0.6 is 0 Å². The van der Waals surface area contributed by atoms with E-state index in [0.29, 0.717) is 12.3 Å². The largest absolute Gasteiger partial charge is 0.479 e. The van der Waals surface area contributed by atoms with Crippen molar-refractivity contribution in [3.05, 3.63) is 24.2 Å². The van der Waals surface area contributed by atoms with Gasteiger partial charge in [-0.1, -0.05) is 0 Å². The van der Waals surface area contributed by atoms with Crippen molar-refractivity contribution >= 4 is 12.0 Å². The van der Waals surface area contributed by atoms with Crippen LogP contribution in [0.1, 0.15) is 19.6 Å². The SMILES string of the molecule is CCN(Cc1ccco1)C(=O)NCC(C)(O)C(=O)O. The number of urea groups is 1. The Morgan fingerprint density at radius 2 is 2.21 bits per heavy atom. The molecule has 1 unspecified atom stereocenters. The summed E-state index contributed by atoms with van der Waals surface area (Å²) in [5, 5.41) is 20.6. The minimum Gasteiger partial charge on any atom is -0.479 e. The number of rotatable bonds is 6. The summed E-state index contributed by atoms with van der Waals surface area (Å²) in [6, 6.07) is 3.00. The van der Waals surface area contributed by atoms with Crippen molar-refractivity contribution in [1.29, 1.82) is 0 Å². The lowest BCUT2D eigenvalue weighted by atomic mass is 10.1. The number of aliphatic carboxylic acids is 1. The summed E-state index contributed by atoms with van der Waals surface area (Å²) in [5.41, 5.74) is -1.99. The van der Waals surface area contributed by atoms with Crippen LogP contribution in [-0.4, -0.2) is 45.8 Å². The highest BCUT2D eigenvalue weighted by molar-refractivity contribution is 5.79. The average Bonchev–Trinajstić information content (AvgIpc) is 2.85. The Morgan fingerprint density at radius 1 is 1.53 bits per heavy atom. The molecule has 0 saturated heterocycles. The van der Waals surface area contributed by atoms with Gasteiger partial charge in [0.25, 0.3) is 0 Å². The minimum absolute atomic E-state index is 0.282. The highest BCUT2D eigenvalue weighted by Gasteiger charge is 2.30. The molecule has 1 aromatic heterocycles. The van der Waals surface area contributed by atoms with Crippen LogP contribution < -0.4 is 5.32 Å². The van der Waals surface area contributed by atoms with E-state index in [1.807, 2.05) is 0 Å². The average molecular weight is 270 g/mol. The Labute approximate surface area is 110 Å². The second-order valence-corrected chi connectivity index (χ2v) is 4.33. The number of carbonyl (C=O) groups is 2. The lowest BCUT2D eigenvalue weighted by Gasteiger charge is -2.23. The molecule has 0 aliphatic rings. The second-order valence-electron chi connectivity index (χ2n) is 4.33. The second kappa shape index (κ2) is 6.24. The summed E-state index contributed by atoms with van der Waals surface area (Å²) in [6.07, 6.45) is 1.51. The normalized spacial score (nSPS) is 13.6. The fourth-order valence-electron chi connectivity index (χ4n) is 1.35. The van der Waals surface area contributed by atoms with E-state index in [-0.39, 0.29) is 13.1 Å². The maximum atomic E-state index is 11.8. The number of carbonyl (C=O) groups excluding carboxylic acids is 1. The number of nitrogens with zero attached hydrogens (tertiary/aromatic N) is 1. The van der Waals surface area contributed by atoms with E-state index < -0.39 is 17.6 Å². The lowest BCUT2D eigenvalue weighted by molar-refractivity contribution is -0.155. The maximum absolute atomic E-state index is 11.8. The van der Waals surface area contributed by atoms with E-state index in [4.69, 9.17) is 9.52 Å². The van der Waals surface area contributed by atoms with Gasteiger partial charge in [0.1, 0.15) is 5.76 Å². The molecule has 0 bridgehead atoms. The van der Waals surface area contributed by atoms with Crippen molar-refractivity contribution < 1.29 is 24.2 Å². The Bertz CT molecular complexity index is 427. The first kappa shape index (κ1) is 15.0. The van der Waals surface area contributed by atoms with E-state index in [9.17, 15) is 14.7 Å². The molecule has 7 nitrogen and oxygen atoms in total. The topological polar surface area (TPSA) is 103 Å². The van der Waals surface area contributed by atoms with Gasteiger partial charge in [0.05, 0.1) is 19.4 Å². The van der Waals surface area contributed by atoms with Gasteiger partial charge in [0.15, 0.2) is 5.60 Å². The van der Waals surface area contributed by atoms with Crippen LogP contribution in [-0.2, 0) is 11.3 Å². The van der Waals surface area contributed by atoms with Gasteiger partial charge in [-0.15, -0.1) is 0 Å². The number of hydrogen-bond acceptors (Lipinski definition) is 4. The van der Waals surface area contributed by atoms with Crippen LogP contribution in [0.15, 0.2) is 22.8 Å². The first-order valence-electron chi connectivity index (χ1n) is 5.87. The molecule has 0 aromatic carbocycles. The van der Waals surface area contributed by atoms with Crippen LogP contribution in [0.2, 0.25) is 0 Å². The number of nitrogens with one attached hydrogen (secondary N) is 1. The molecular formula is C12H18N2O5. The Hall–Kier alpha value is -2.02. The van der Waals surface area contributed by atoms with Crippen LogP contribution in [0.4, 0.5) is 4.79 Å². The fourth-order valence-corrected chi connectivity index (χ4v) is 1.35. The zero-order valence-electron chi connectivity index (χ0n) is 10.9. The summed E-state index contributed by atoms with van der Waals surface area (Å²) in [7, 11) is 0.